The highest BCUT2D eigenvalue weighted by Crippen LogP contribution is 2.33. The number of thioether (sulfide) groups is 1. The van der Waals surface area contributed by atoms with Crippen molar-refractivity contribution in [2.45, 2.75) is 18.1 Å². The Labute approximate surface area is 208 Å². The number of amides is 1. The van der Waals surface area contributed by atoms with E-state index in [1.165, 1.54) is 11.8 Å². The fraction of sp³-hybridized carbons (Fsp3) is 0.192. The molecule has 1 amide bonds. The van der Waals surface area contributed by atoms with Crippen LogP contribution in [0.1, 0.15) is 18.5 Å². The van der Waals surface area contributed by atoms with Crippen molar-refractivity contribution in [3.05, 3.63) is 89.4 Å². The summed E-state index contributed by atoms with van der Waals surface area (Å²) in [4.78, 5) is 14.8. The van der Waals surface area contributed by atoms with Crippen molar-refractivity contribution in [1.29, 1.82) is 0 Å². The number of carbonyl (C=O) groups is 1. The number of ether oxygens (including phenoxy) is 1. The Kier molecular flexibility index (Phi) is 7.55. The van der Waals surface area contributed by atoms with Gasteiger partial charge in [-0.3, -0.25) is 9.36 Å². The Balaban J connectivity index is 1.62. The van der Waals surface area contributed by atoms with E-state index in [1.807, 2.05) is 97.4 Å². The molecule has 0 saturated carbocycles. The molecule has 8 heteroatoms. The highest BCUT2D eigenvalue weighted by atomic mass is 35.5. The third-order valence-corrected chi connectivity index (χ3v) is 6.81. The third-order valence-electron chi connectivity index (χ3n) is 5.65. The van der Waals surface area contributed by atoms with Crippen LogP contribution in [0.5, 0.6) is 5.75 Å². The van der Waals surface area contributed by atoms with Crippen molar-refractivity contribution in [3.63, 3.8) is 0 Å². The van der Waals surface area contributed by atoms with Crippen LogP contribution in [0.2, 0.25) is 5.02 Å². The molecular weight excluding hydrogens is 468 g/mol. The first-order valence-corrected chi connectivity index (χ1v) is 12.1. The van der Waals surface area contributed by atoms with Gasteiger partial charge in [0.1, 0.15) is 5.75 Å². The Morgan fingerprint density at radius 3 is 2.41 bits per heavy atom. The number of para-hydroxylation sites is 1. The van der Waals surface area contributed by atoms with Crippen molar-refractivity contribution in [2.75, 3.05) is 19.9 Å². The molecule has 0 aliphatic heterocycles. The van der Waals surface area contributed by atoms with Gasteiger partial charge in [-0.25, -0.2) is 0 Å². The molecule has 0 fully saturated rings. The first-order chi connectivity index (χ1) is 16.5. The SMILES string of the molecule is COc1ccccc1-c1nnc(SCC(=O)N(C)C(C)c2ccccc2)n1-c1ccc(Cl)cc1. The molecule has 1 heterocycles. The fourth-order valence-electron chi connectivity index (χ4n) is 3.59. The summed E-state index contributed by atoms with van der Waals surface area (Å²) in [6.07, 6.45) is 0. The summed E-state index contributed by atoms with van der Waals surface area (Å²) in [5, 5.41) is 10.1. The van der Waals surface area contributed by atoms with E-state index < -0.39 is 0 Å². The number of nitrogens with zero attached hydrogens (tertiary/aromatic N) is 4. The largest absolute Gasteiger partial charge is 0.496 e. The van der Waals surface area contributed by atoms with Gasteiger partial charge in [0.15, 0.2) is 11.0 Å². The van der Waals surface area contributed by atoms with Gasteiger partial charge in [0, 0.05) is 17.8 Å². The molecule has 1 atom stereocenters. The zero-order chi connectivity index (χ0) is 24.1. The second-order valence-corrected chi connectivity index (χ2v) is 9.08. The van der Waals surface area contributed by atoms with Crippen molar-refractivity contribution in [3.8, 4) is 22.8 Å². The van der Waals surface area contributed by atoms with Crippen molar-refractivity contribution >= 4 is 29.3 Å². The summed E-state index contributed by atoms with van der Waals surface area (Å²) < 4.78 is 7.47. The lowest BCUT2D eigenvalue weighted by molar-refractivity contribution is -0.128. The van der Waals surface area contributed by atoms with Crippen LogP contribution in [0.3, 0.4) is 0 Å². The van der Waals surface area contributed by atoms with E-state index in [4.69, 9.17) is 16.3 Å². The predicted octanol–water partition coefficient (Wildman–Crippen LogP) is 5.91. The Hall–Kier alpha value is -3.29. The first kappa shape index (κ1) is 23.9. The minimum absolute atomic E-state index is 0.00542. The molecular formula is C26H25ClN4O2S. The quantitative estimate of drug-likeness (QED) is 0.286. The second-order valence-electron chi connectivity index (χ2n) is 7.70. The second kappa shape index (κ2) is 10.8. The van der Waals surface area contributed by atoms with Crippen molar-refractivity contribution in [2.24, 2.45) is 0 Å². The number of hydrogen-bond acceptors (Lipinski definition) is 5. The van der Waals surface area contributed by atoms with Gasteiger partial charge in [-0.15, -0.1) is 10.2 Å². The summed E-state index contributed by atoms with van der Waals surface area (Å²) in [5.41, 5.74) is 2.74. The van der Waals surface area contributed by atoms with Crippen LogP contribution < -0.4 is 4.74 Å². The van der Waals surface area contributed by atoms with E-state index in [2.05, 4.69) is 10.2 Å². The molecule has 4 aromatic rings. The van der Waals surface area contributed by atoms with Crippen molar-refractivity contribution < 1.29 is 9.53 Å². The lowest BCUT2D eigenvalue weighted by Crippen LogP contribution is -2.31. The summed E-state index contributed by atoms with van der Waals surface area (Å²) in [5.74, 6) is 1.55. The number of methoxy groups -OCH3 is 1. The number of carbonyl (C=O) groups excluding carboxylic acids is 1. The zero-order valence-corrected chi connectivity index (χ0v) is 20.8. The Morgan fingerprint density at radius 2 is 1.71 bits per heavy atom. The van der Waals surface area contributed by atoms with E-state index in [0.29, 0.717) is 21.8 Å². The average Bonchev–Trinajstić information content (AvgIpc) is 3.31. The normalized spacial score (nSPS) is 11.8. The summed E-state index contributed by atoms with van der Waals surface area (Å²) in [6.45, 7) is 2.02. The van der Waals surface area contributed by atoms with E-state index in [9.17, 15) is 4.79 Å². The van der Waals surface area contributed by atoms with Gasteiger partial charge in [0.2, 0.25) is 5.91 Å². The van der Waals surface area contributed by atoms with Crippen LogP contribution in [0, 0.1) is 0 Å². The highest BCUT2D eigenvalue weighted by Gasteiger charge is 2.22. The molecule has 4 rings (SSSR count). The summed E-state index contributed by atoms with van der Waals surface area (Å²) >= 11 is 7.47. The minimum Gasteiger partial charge on any atom is -0.496 e. The smallest absolute Gasteiger partial charge is 0.233 e. The number of hydrogen-bond donors (Lipinski definition) is 0. The van der Waals surface area contributed by atoms with E-state index in [0.717, 1.165) is 16.8 Å². The van der Waals surface area contributed by atoms with E-state index >= 15 is 0 Å². The maximum Gasteiger partial charge on any atom is 0.233 e. The van der Waals surface area contributed by atoms with Gasteiger partial charge in [0.05, 0.1) is 24.5 Å². The molecule has 0 bridgehead atoms. The third kappa shape index (κ3) is 5.11. The van der Waals surface area contributed by atoms with Gasteiger partial charge in [-0.1, -0.05) is 65.8 Å². The van der Waals surface area contributed by atoms with Crippen LogP contribution in [0.4, 0.5) is 0 Å². The standard InChI is InChI=1S/C26H25ClN4O2S/c1-18(19-9-5-4-6-10-19)30(2)24(32)17-34-26-29-28-25(22-11-7-8-12-23(22)33-3)31(26)21-15-13-20(27)14-16-21/h4-16,18H,17H2,1-3H3. The van der Waals surface area contributed by atoms with E-state index in [-0.39, 0.29) is 17.7 Å². The van der Waals surface area contributed by atoms with Gasteiger partial charge < -0.3 is 9.64 Å². The summed E-state index contributed by atoms with van der Waals surface area (Å²) in [6, 6.07) is 25.0. The maximum atomic E-state index is 13.0. The molecule has 3 aromatic carbocycles. The monoisotopic (exact) mass is 492 g/mol. The zero-order valence-electron chi connectivity index (χ0n) is 19.2. The van der Waals surface area contributed by atoms with Gasteiger partial charge in [-0.2, -0.15) is 0 Å². The topological polar surface area (TPSA) is 60.3 Å². The molecule has 0 radical (unpaired) electrons. The lowest BCUT2D eigenvalue weighted by atomic mass is 10.1. The molecule has 6 nitrogen and oxygen atoms in total. The average molecular weight is 493 g/mol. The fourth-order valence-corrected chi connectivity index (χ4v) is 4.59. The number of rotatable bonds is 8. The first-order valence-electron chi connectivity index (χ1n) is 10.8. The Morgan fingerprint density at radius 1 is 1.03 bits per heavy atom. The molecule has 1 unspecified atom stereocenters. The maximum absolute atomic E-state index is 13.0. The van der Waals surface area contributed by atoms with Crippen LogP contribution >= 0.6 is 23.4 Å². The van der Waals surface area contributed by atoms with Crippen molar-refractivity contribution in [1.82, 2.24) is 19.7 Å². The predicted molar refractivity (Wildman–Crippen MR) is 137 cm³/mol. The molecule has 0 aliphatic carbocycles. The number of halogens is 1. The molecule has 0 N–H and O–H groups in total. The van der Waals surface area contributed by atoms with Gasteiger partial charge in [0.25, 0.3) is 0 Å². The van der Waals surface area contributed by atoms with Crippen LogP contribution in [0.15, 0.2) is 84.0 Å². The van der Waals surface area contributed by atoms with Crippen LogP contribution in [0.25, 0.3) is 17.1 Å². The molecule has 34 heavy (non-hydrogen) atoms. The Bertz CT molecular complexity index is 1260. The summed E-state index contributed by atoms with van der Waals surface area (Å²) in [7, 11) is 3.45. The van der Waals surface area contributed by atoms with Gasteiger partial charge in [-0.05, 0) is 48.9 Å². The van der Waals surface area contributed by atoms with Gasteiger partial charge >= 0.3 is 0 Å². The molecule has 0 aliphatic rings. The van der Waals surface area contributed by atoms with Crippen LogP contribution in [-0.4, -0.2) is 45.5 Å². The molecule has 0 spiro atoms. The number of aromatic nitrogens is 3. The minimum atomic E-state index is -0.0347. The van der Waals surface area contributed by atoms with Crippen LogP contribution in [-0.2, 0) is 4.79 Å². The highest BCUT2D eigenvalue weighted by molar-refractivity contribution is 7.99. The molecule has 1 aromatic heterocycles. The molecule has 0 saturated heterocycles. The van der Waals surface area contributed by atoms with E-state index in [1.54, 1.807) is 12.0 Å². The number of benzene rings is 3. The molecule has 174 valence electrons. The lowest BCUT2D eigenvalue weighted by Gasteiger charge is -2.25.